The van der Waals surface area contributed by atoms with Gasteiger partial charge in [0.2, 0.25) is 10.0 Å². The fourth-order valence-corrected chi connectivity index (χ4v) is 2.60. The molecule has 0 aliphatic heterocycles. The van der Waals surface area contributed by atoms with Crippen molar-refractivity contribution in [3.8, 4) is 12.1 Å². The quantitative estimate of drug-likeness (QED) is 0.834. The minimum atomic E-state index is -3.64. The number of nitriles is 2. The minimum absolute atomic E-state index is 0.00320. The first-order valence-corrected chi connectivity index (χ1v) is 6.93. The number of hydrogen-bond acceptors (Lipinski definition) is 4. The van der Waals surface area contributed by atoms with Crippen molar-refractivity contribution in [2.24, 2.45) is 0 Å². The summed E-state index contributed by atoms with van der Waals surface area (Å²) in [4.78, 5) is 0.00320. The van der Waals surface area contributed by atoms with E-state index in [1.165, 1.54) is 18.2 Å². The molecule has 0 atom stereocenters. The highest BCUT2D eigenvalue weighted by atomic mass is 35.5. The Morgan fingerprint density at radius 3 is 2.61 bits per heavy atom. The maximum absolute atomic E-state index is 11.8. The van der Waals surface area contributed by atoms with Crippen LogP contribution in [0.4, 0.5) is 0 Å². The second-order valence-electron chi connectivity index (χ2n) is 3.41. The molecule has 0 radical (unpaired) electrons. The molecule has 94 valence electrons. The summed E-state index contributed by atoms with van der Waals surface area (Å²) in [6.07, 6.45) is 0.733. The smallest absolute Gasteiger partial charge is 0.211 e. The Labute approximate surface area is 111 Å². The summed E-state index contributed by atoms with van der Waals surface area (Å²) in [5.74, 6) is 0. The van der Waals surface area contributed by atoms with Crippen LogP contribution in [-0.2, 0) is 10.0 Å². The van der Waals surface area contributed by atoms with Crippen LogP contribution in [0, 0.1) is 22.7 Å². The van der Waals surface area contributed by atoms with Crippen molar-refractivity contribution in [1.82, 2.24) is 4.72 Å². The predicted octanol–water partition coefficient (Wildman–Crippen LogP) is 1.79. The van der Waals surface area contributed by atoms with Gasteiger partial charge in [0.1, 0.15) is 6.07 Å². The van der Waals surface area contributed by atoms with E-state index in [1.54, 1.807) is 0 Å². The summed E-state index contributed by atoms with van der Waals surface area (Å²) in [7, 11) is -3.64. The number of rotatable bonds is 5. The number of nitrogens with one attached hydrogen (secondary N) is 1. The molecule has 0 fully saturated rings. The molecule has 0 amide bonds. The van der Waals surface area contributed by atoms with Crippen LogP contribution >= 0.6 is 11.6 Å². The third kappa shape index (κ3) is 3.71. The van der Waals surface area contributed by atoms with E-state index in [4.69, 9.17) is 22.1 Å². The van der Waals surface area contributed by atoms with Crippen LogP contribution in [0.3, 0.4) is 0 Å². The molecule has 0 aromatic heterocycles. The van der Waals surface area contributed by atoms with Crippen LogP contribution in [0.25, 0.3) is 0 Å². The SMILES string of the molecule is N#CCCCNS(=O)(=O)c1ccc(C#N)c(Cl)c1. The Balaban J connectivity index is 2.84. The molecule has 1 N–H and O–H groups in total. The highest BCUT2D eigenvalue weighted by molar-refractivity contribution is 7.89. The number of sulfonamides is 1. The highest BCUT2D eigenvalue weighted by Gasteiger charge is 2.14. The molecule has 0 spiro atoms. The summed E-state index contributed by atoms with van der Waals surface area (Å²) in [5, 5.41) is 17.1. The lowest BCUT2D eigenvalue weighted by atomic mass is 10.2. The fraction of sp³-hybridized carbons (Fsp3) is 0.273. The Kier molecular flexibility index (Phi) is 5.11. The summed E-state index contributed by atoms with van der Waals surface area (Å²) in [5.41, 5.74) is 0.222. The van der Waals surface area contributed by atoms with E-state index in [2.05, 4.69) is 4.72 Å². The van der Waals surface area contributed by atoms with Gasteiger partial charge in [0.15, 0.2) is 0 Å². The molecule has 0 aliphatic rings. The molecule has 1 aromatic rings. The van der Waals surface area contributed by atoms with Crippen LogP contribution in [-0.4, -0.2) is 15.0 Å². The van der Waals surface area contributed by atoms with Crippen LogP contribution in [0.15, 0.2) is 23.1 Å². The van der Waals surface area contributed by atoms with Crippen LogP contribution in [0.2, 0.25) is 5.02 Å². The molecule has 0 bridgehead atoms. The third-order valence-electron chi connectivity index (χ3n) is 2.13. The van der Waals surface area contributed by atoms with Gasteiger partial charge in [-0.25, -0.2) is 13.1 Å². The highest BCUT2D eigenvalue weighted by Crippen LogP contribution is 2.19. The normalized spacial score (nSPS) is 10.6. The largest absolute Gasteiger partial charge is 0.240 e. The number of benzene rings is 1. The van der Waals surface area contributed by atoms with Gasteiger partial charge in [-0.3, -0.25) is 0 Å². The van der Waals surface area contributed by atoms with E-state index in [9.17, 15) is 8.42 Å². The zero-order valence-electron chi connectivity index (χ0n) is 9.35. The van der Waals surface area contributed by atoms with Crippen LogP contribution < -0.4 is 4.72 Å². The van der Waals surface area contributed by atoms with Gasteiger partial charge < -0.3 is 0 Å². The molecule has 0 saturated heterocycles. The standard InChI is InChI=1S/C11H10ClN3O2S/c12-11-7-10(4-3-9(11)8-14)18(16,17)15-6-2-1-5-13/h3-4,7,15H,1-2,6H2. The first-order valence-electron chi connectivity index (χ1n) is 5.07. The molecule has 0 heterocycles. The second-order valence-corrected chi connectivity index (χ2v) is 5.59. The van der Waals surface area contributed by atoms with Gasteiger partial charge in [-0.05, 0) is 24.6 Å². The second kappa shape index (κ2) is 6.36. The van der Waals surface area contributed by atoms with Gasteiger partial charge in [-0.15, -0.1) is 0 Å². The van der Waals surface area contributed by atoms with Gasteiger partial charge in [0.25, 0.3) is 0 Å². The average Bonchev–Trinajstić information content (AvgIpc) is 2.34. The number of unbranched alkanes of at least 4 members (excludes halogenated alkanes) is 1. The molecular formula is C11H10ClN3O2S. The number of halogens is 1. The first-order chi connectivity index (χ1) is 8.51. The van der Waals surface area contributed by atoms with E-state index in [0.717, 1.165) is 0 Å². The lowest BCUT2D eigenvalue weighted by molar-refractivity contribution is 0.579. The summed E-state index contributed by atoms with van der Waals surface area (Å²) in [6.45, 7) is 0.188. The zero-order valence-corrected chi connectivity index (χ0v) is 10.9. The molecule has 1 rings (SSSR count). The van der Waals surface area contributed by atoms with E-state index in [1.807, 2.05) is 12.1 Å². The van der Waals surface area contributed by atoms with Crippen molar-refractivity contribution in [1.29, 1.82) is 10.5 Å². The van der Waals surface area contributed by atoms with Gasteiger partial charge in [-0.1, -0.05) is 11.6 Å². The van der Waals surface area contributed by atoms with E-state index >= 15 is 0 Å². The Morgan fingerprint density at radius 1 is 1.33 bits per heavy atom. The first kappa shape index (κ1) is 14.5. The lowest BCUT2D eigenvalue weighted by Crippen LogP contribution is -2.24. The molecule has 7 heteroatoms. The van der Waals surface area contributed by atoms with Crippen molar-refractivity contribution in [2.75, 3.05) is 6.54 Å². The summed E-state index contributed by atoms with van der Waals surface area (Å²) >= 11 is 5.76. The van der Waals surface area contributed by atoms with E-state index < -0.39 is 10.0 Å². The summed E-state index contributed by atoms with van der Waals surface area (Å²) < 4.78 is 26.0. The van der Waals surface area contributed by atoms with E-state index in [-0.39, 0.29) is 28.4 Å². The predicted molar refractivity (Wildman–Crippen MR) is 66.2 cm³/mol. The molecule has 0 saturated carbocycles. The molecule has 0 unspecified atom stereocenters. The van der Waals surface area contributed by atoms with Crippen molar-refractivity contribution in [2.45, 2.75) is 17.7 Å². The maximum Gasteiger partial charge on any atom is 0.240 e. The summed E-state index contributed by atoms with van der Waals surface area (Å²) in [6, 6.07) is 7.68. The van der Waals surface area contributed by atoms with Crippen LogP contribution in [0.5, 0.6) is 0 Å². The molecule has 0 aliphatic carbocycles. The molecular weight excluding hydrogens is 274 g/mol. The van der Waals surface area contributed by atoms with Gasteiger partial charge in [0, 0.05) is 13.0 Å². The van der Waals surface area contributed by atoms with Crippen LogP contribution in [0.1, 0.15) is 18.4 Å². The number of hydrogen-bond donors (Lipinski definition) is 1. The van der Waals surface area contributed by atoms with Crippen molar-refractivity contribution in [3.05, 3.63) is 28.8 Å². The molecule has 1 aromatic carbocycles. The fourth-order valence-electron chi connectivity index (χ4n) is 1.21. The van der Waals surface area contributed by atoms with Crippen molar-refractivity contribution in [3.63, 3.8) is 0 Å². The number of nitrogens with zero attached hydrogens (tertiary/aromatic N) is 2. The Hall–Kier alpha value is -1.60. The Morgan fingerprint density at radius 2 is 2.06 bits per heavy atom. The topological polar surface area (TPSA) is 93.8 Å². The Bertz CT molecular complexity index is 614. The van der Waals surface area contributed by atoms with E-state index in [0.29, 0.717) is 6.42 Å². The van der Waals surface area contributed by atoms with Crippen molar-refractivity contribution < 1.29 is 8.42 Å². The van der Waals surface area contributed by atoms with Gasteiger partial charge >= 0.3 is 0 Å². The maximum atomic E-state index is 11.8. The monoisotopic (exact) mass is 283 g/mol. The zero-order chi connectivity index (χ0) is 13.6. The lowest BCUT2D eigenvalue weighted by Gasteiger charge is -2.06. The third-order valence-corrected chi connectivity index (χ3v) is 3.90. The van der Waals surface area contributed by atoms with Gasteiger partial charge in [-0.2, -0.15) is 10.5 Å². The minimum Gasteiger partial charge on any atom is -0.211 e. The average molecular weight is 284 g/mol. The molecule has 18 heavy (non-hydrogen) atoms. The van der Waals surface area contributed by atoms with Crippen molar-refractivity contribution >= 4 is 21.6 Å². The van der Waals surface area contributed by atoms with Gasteiger partial charge in [0.05, 0.1) is 21.6 Å². The molecule has 5 nitrogen and oxygen atoms in total.